The van der Waals surface area contributed by atoms with Crippen LogP contribution in [0.4, 0.5) is 0 Å². The predicted molar refractivity (Wildman–Crippen MR) is 54.5 cm³/mol. The van der Waals surface area contributed by atoms with Crippen molar-refractivity contribution >= 4 is 18.7 Å². The van der Waals surface area contributed by atoms with E-state index in [0.29, 0.717) is 12.9 Å². The molecule has 16 heavy (non-hydrogen) atoms. The normalized spacial score (nSPS) is 24.5. The molecule has 0 amide bonds. The fourth-order valence-electron chi connectivity index (χ4n) is 1.96. The molecule has 0 aromatic rings. The van der Waals surface area contributed by atoms with Crippen molar-refractivity contribution in [2.45, 2.75) is 25.7 Å². The molecule has 2 unspecified atom stereocenters. The van der Waals surface area contributed by atoms with Gasteiger partial charge in [0, 0.05) is 5.92 Å². The third kappa shape index (κ3) is 3.64. The van der Waals surface area contributed by atoms with Crippen LogP contribution in [-0.4, -0.2) is 31.9 Å². The molecule has 90 valence electrons. The molecule has 1 aliphatic rings. The lowest BCUT2D eigenvalue weighted by atomic mass is 9.80. The van der Waals surface area contributed by atoms with Crippen molar-refractivity contribution in [3.05, 3.63) is 0 Å². The van der Waals surface area contributed by atoms with E-state index >= 15 is 0 Å². The van der Waals surface area contributed by atoms with Crippen molar-refractivity contribution in [2.24, 2.45) is 11.8 Å². The second-order valence-corrected chi connectivity index (χ2v) is 3.83. The number of carbonyl (C=O) groups is 3. The lowest BCUT2D eigenvalue weighted by molar-refractivity contribution is -0.155. The van der Waals surface area contributed by atoms with Gasteiger partial charge < -0.3 is 14.3 Å². The van der Waals surface area contributed by atoms with Crippen molar-refractivity contribution in [3.63, 3.8) is 0 Å². The van der Waals surface area contributed by atoms with E-state index in [-0.39, 0.29) is 31.0 Å². The van der Waals surface area contributed by atoms with Gasteiger partial charge in [0.15, 0.2) is 0 Å². The topological polar surface area (TPSA) is 69.7 Å². The van der Waals surface area contributed by atoms with E-state index in [0.717, 1.165) is 25.5 Å². The number of hydrogen-bond donors (Lipinski definition) is 0. The predicted octanol–water partition coefficient (Wildman–Crippen LogP) is 0.708. The Kier molecular flexibility index (Phi) is 5.53. The van der Waals surface area contributed by atoms with Crippen molar-refractivity contribution in [3.8, 4) is 0 Å². The van der Waals surface area contributed by atoms with Gasteiger partial charge >= 0.3 is 5.97 Å². The number of hydrogen-bond acceptors (Lipinski definition) is 5. The number of carbonyl (C=O) groups excluding carboxylic acids is 3. The van der Waals surface area contributed by atoms with Gasteiger partial charge in [-0.05, 0) is 12.8 Å². The summed E-state index contributed by atoms with van der Waals surface area (Å²) in [6.45, 7) is 0.427. The van der Waals surface area contributed by atoms with E-state index in [2.05, 4.69) is 4.74 Å². The number of esters is 1. The number of aldehydes is 1. The van der Waals surface area contributed by atoms with Gasteiger partial charge in [0.2, 0.25) is 0 Å². The second kappa shape index (κ2) is 6.98. The molecule has 0 radical (unpaired) electrons. The van der Waals surface area contributed by atoms with Gasteiger partial charge in [-0.15, -0.1) is 0 Å². The molecule has 1 rings (SSSR count). The van der Waals surface area contributed by atoms with Crippen LogP contribution in [0.15, 0.2) is 0 Å². The highest BCUT2D eigenvalue weighted by atomic mass is 16.6. The zero-order chi connectivity index (χ0) is 11.8. The minimum absolute atomic E-state index is 0.0552. The minimum Gasteiger partial charge on any atom is -0.464 e. The van der Waals surface area contributed by atoms with Crippen molar-refractivity contribution in [1.29, 1.82) is 0 Å². The van der Waals surface area contributed by atoms with Crippen molar-refractivity contribution in [1.82, 2.24) is 0 Å². The summed E-state index contributed by atoms with van der Waals surface area (Å²) in [6.07, 6.45) is 4.24. The summed E-state index contributed by atoms with van der Waals surface area (Å²) in [5, 5.41) is 0. The number of rotatable bonds is 6. The molecule has 1 saturated carbocycles. The monoisotopic (exact) mass is 228 g/mol. The average molecular weight is 228 g/mol. The summed E-state index contributed by atoms with van der Waals surface area (Å²) < 4.78 is 9.33. The van der Waals surface area contributed by atoms with Gasteiger partial charge in [-0.3, -0.25) is 9.59 Å². The highest BCUT2D eigenvalue weighted by Gasteiger charge is 2.31. The Morgan fingerprint density at radius 3 is 2.62 bits per heavy atom. The highest BCUT2D eigenvalue weighted by molar-refractivity contribution is 5.77. The maximum absolute atomic E-state index is 11.6. The lowest BCUT2D eigenvalue weighted by Gasteiger charge is -2.25. The second-order valence-electron chi connectivity index (χ2n) is 3.83. The maximum atomic E-state index is 11.6. The molecule has 1 aliphatic carbocycles. The van der Waals surface area contributed by atoms with Gasteiger partial charge in [-0.2, -0.15) is 0 Å². The smallest absolute Gasteiger partial charge is 0.309 e. The fraction of sp³-hybridized carbons (Fsp3) is 0.727. The zero-order valence-corrected chi connectivity index (χ0v) is 9.09. The first kappa shape index (κ1) is 12.7. The van der Waals surface area contributed by atoms with Crippen LogP contribution in [0.2, 0.25) is 0 Å². The molecular weight excluding hydrogens is 212 g/mol. The molecule has 0 aliphatic heterocycles. The van der Waals surface area contributed by atoms with Gasteiger partial charge in [-0.25, -0.2) is 0 Å². The first-order chi connectivity index (χ1) is 7.79. The molecule has 1 fully saturated rings. The molecule has 0 bridgehead atoms. The third-order valence-corrected chi connectivity index (χ3v) is 2.81. The molecule has 5 heteroatoms. The largest absolute Gasteiger partial charge is 0.464 e. The summed E-state index contributed by atoms with van der Waals surface area (Å²) in [5.41, 5.74) is 0. The SMILES string of the molecule is O=COCCOC(=O)C1CCCCC1C=O. The third-order valence-electron chi connectivity index (χ3n) is 2.81. The average Bonchev–Trinajstić information content (AvgIpc) is 2.34. The minimum atomic E-state index is -0.355. The van der Waals surface area contributed by atoms with Crippen LogP contribution >= 0.6 is 0 Å². The first-order valence-corrected chi connectivity index (χ1v) is 5.46. The Labute approximate surface area is 94.1 Å². The Hall–Kier alpha value is -1.39. The van der Waals surface area contributed by atoms with E-state index < -0.39 is 0 Å². The van der Waals surface area contributed by atoms with Crippen LogP contribution in [0.25, 0.3) is 0 Å². The van der Waals surface area contributed by atoms with E-state index in [1.54, 1.807) is 0 Å². The number of ether oxygens (including phenoxy) is 2. The first-order valence-electron chi connectivity index (χ1n) is 5.46. The quantitative estimate of drug-likeness (QED) is 0.380. The van der Waals surface area contributed by atoms with E-state index in [1.165, 1.54) is 0 Å². The van der Waals surface area contributed by atoms with Crippen molar-refractivity contribution < 1.29 is 23.9 Å². The zero-order valence-electron chi connectivity index (χ0n) is 9.09. The van der Waals surface area contributed by atoms with Gasteiger partial charge in [0.25, 0.3) is 6.47 Å². The Balaban J connectivity index is 2.32. The lowest BCUT2D eigenvalue weighted by Crippen LogP contribution is -2.30. The van der Waals surface area contributed by atoms with Crippen LogP contribution in [0.1, 0.15) is 25.7 Å². The fourth-order valence-corrected chi connectivity index (χ4v) is 1.96. The standard InChI is InChI=1S/C11H16O5/c12-7-9-3-1-2-4-10(9)11(14)16-6-5-15-8-13/h7-10H,1-6H2. The molecule has 2 atom stereocenters. The molecule has 0 spiro atoms. The summed E-state index contributed by atoms with van der Waals surface area (Å²) >= 11 is 0. The van der Waals surface area contributed by atoms with Crippen LogP contribution in [0.5, 0.6) is 0 Å². The summed E-state index contributed by atoms with van der Waals surface area (Å²) in [5.74, 6) is -0.887. The molecule has 5 nitrogen and oxygen atoms in total. The van der Waals surface area contributed by atoms with Crippen LogP contribution in [0.3, 0.4) is 0 Å². The molecule has 0 N–H and O–H groups in total. The Bertz CT molecular complexity index is 251. The van der Waals surface area contributed by atoms with Crippen LogP contribution < -0.4 is 0 Å². The van der Waals surface area contributed by atoms with Gasteiger partial charge in [0.05, 0.1) is 5.92 Å². The molecular formula is C11H16O5. The van der Waals surface area contributed by atoms with Crippen molar-refractivity contribution in [2.75, 3.05) is 13.2 Å². The van der Waals surface area contributed by atoms with Crippen LogP contribution in [0, 0.1) is 11.8 Å². The maximum Gasteiger partial charge on any atom is 0.309 e. The molecule has 0 aromatic heterocycles. The molecule has 0 saturated heterocycles. The highest BCUT2D eigenvalue weighted by Crippen LogP contribution is 2.29. The van der Waals surface area contributed by atoms with E-state index in [1.807, 2.05) is 0 Å². The van der Waals surface area contributed by atoms with Gasteiger partial charge in [-0.1, -0.05) is 12.8 Å². The van der Waals surface area contributed by atoms with Crippen LogP contribution in [-0.2, 0) is 23.9 Å². The Morgan fingerprint density at radius 2 is 1.94 bits per heavy atom. The molecule has 0 aromatic carbocycles. The van der Waals surface area contributed by atoms with E-state index in [9.17, 15) is 14.4 Å². The summed E-state index contributed by atoms with van der Waals surface area (Å²) in [7, 11) is 0. The van der Waals surface area contributed by atoms with E-state index in [4.69, 9.17) is 4.74 Å². The molecule has 0 heterocycles. The Morgan fingerprint density at radius 1 is 1.19 bits per heavy atom. The summed E-state index contributed by atoms with van der Waals surface area (Å²) in [6, 6.07) is 0. The van der Waals surface area contributed by atoms with Gasteiger partial charge in [0.1, 0.15) is 19.5 Å². The summed E-state index contributed by atoms with van der Waals surface area (Å²) in [4.78, 5) is 32.2.